The number of rotatable bonds is 3. The molecule has 0 aliphatic rings. The van der Waals surface area contributed by atoms with Crippen molar-refractivity contribution in [1.82, 2.24) is 0 Å². The van der Waals surface area contributed by atoms with Crippen molar-refractivity contribution in [2.45, 2.75) is 22.1 Å². The summed E-state index contributed by atoms with van der Waals surface area (Å²) < 4.78 is 28.7. The SMILES string of the molecule is [Li][CH](C(Br)CC)S(=O)(=O)O. The second-order valence-corrected chi connectivity index (χ2v) is 5.09. The predicted molar refractivity (Wildman–Crippen MR) is 44.1 cm³/mol. The molecule has 0 fully saturated rings. The first kappa shape index (κ1) is 11.0. The van der Waals surface area contributed by atoms with Crippen LogP contribution in [0.25, 0.3) is 0 Å². The zero-order valence-electron chi connectivity index (χ0n) is 5.91. The molecule has 0 aromatic heterocycles. The van der Waals surface area contributed by atoms with Gasteiger partial charge in [-0.15, -0.1) is 0 Å². The van der Waals surface area contributed by atoms with Gasteiger partial charge in [0.15, 0.2) is 0 Å². The van der Waals surface area contributed by atoms with Crippen LogP contribution < -0.4 is 0 Å². The zero-order chi connectivity index (χ0) is 8.36. The van der Waals surface area contributed by atoms with Crippen LogP contribution in [0, 0.1) is 0 Å². The molecule has 0 spiro atoms. The first-order chi connectivity index (χ1) is 4.39. The summed E-state index contributed by atoms with van der Waals surface area (Å²) >= 11 is 4.61. The Hall–Kier alpha value is 0.987. The Kier molecular flexibility index (Phi) is 4.53. The van der Waals surface area contributed by atoms with E-state index >= 15 is 0 Å². The van der Waals surface area contributed by atoms with Gasteiger partial charge in [0.2, 0.25) is 0 Å². The van der Waals surface area contributed by atoms with Gasteiger partial charge in [-0.25, -0.2) is 0 Å². The van der Waals surface area contributed by atoms with Gasteiger partial charge in [-0.05, 0) is 0 Å². The summed E-state index contributed by atoms with van der Waals surface area (Å²) in [7, 11) is -3.86. The monoisotopic (exact) mass is 222 g/mol. The molecule has 0 aromatic carbocycles. The van der Waals surface area contributed by atoms with Crippen molar-refractivity contribution in [2.24, 2.45) is 0 Å². The normalized spacial score (nSPS) is 18.5. The molecule has 6 heteroatoms. The summed E-state index contributed by atoms with van der Waals surface area (Å²) in [5.41, 5.74) is 0. The van der Waals surface area contributed by atoms with Crippen molar-refractivity contribution in [1.29, 1.82) is 0 Å². The summed E-state index contributed by atoms with van der Waals surface area (Å²) in [5.74, 6) is 0. The third kappa shape index (κ3) is 3.40. The molecule has 56 valence electrons. The number of halogens is 1. The molecule has 0 radical (unpaired) electrons. The molecule has 0 amide bonds. The second kappa shape index (κ2) is 4.12. The van der Waals surface area contributed by atoms with E-state index in [1.54, 1.807) is 0 Å². The molecule has 2 atom stereocenters. The van der Waals surface area contributed by atoms with E-state index in [-0.39, 0.29) is 4.83 Å². The van der Waals surface area contributed by atoms with Crippen molar-refractivity contribution >= 4 is 43.8 Å². The minimum atomic E-state index is -3.86. The first-order valence-electron chi connectivity index (χ1n) is 3.00. The van der Waals surface area contributed by atoms with E-state index < -0.39 is 14.0 Å². The fourth-order valence-corrected chi connectivity index (χ4v) is 1.90. The molecule has 0 aromatic rings. The van der Waals surface area contributed by atoms with Crippen LogP contribution in [0.5, 0.6) is 0 Å². The van der Waals surface area contributed by atoms with Crippen LogP contribution in [0.1, 0.15) is 13.3 Å². The van der Waals surface area contributed by atoms with E-state index in [1.165, 1.54) is 17.7 Å². The molecule has 1 N–H and O–H groups in total. The van der Waals surface area contributed by atoms with E-state index in [1.807, 2.05) is 6.92 Å². The quantitative estimate of drug-likeness (QED) is 0.431. The standard InChI is InChI=1S/C4H8BrO3S.Li/c1-2-4(5)3-9(6,7)8;/h3-4H,2H2,1H3,(H,6,7,8);. The number of hydrogen-bond donors (Lipinski definition) is 1. The van der Waals surface area contributed by atoms with Gasteiger partial charge < -0.3 is 0 Å². The van der Waals surface area contributed by atoms with Gasteiger partial charge in [-0.3, -0.25) is 0 Å². The molecular formula is C4H8BrLiO3S. The molecule has 0 aliphatic carbocycles. The van der Waals surface area contributed by atoms with Crippen LogP contribution in [-0.2, 0) is 10.1 Å². The first-order valence-corrected chi connectivity index (χ1v) is 5.41. The predicted octanol–water partition coefficient (Wildman–Crippen LogP) is 0.542. The molecule has 0 rings (SSSR count). The zero-order valence-corrected chi connectivity index (χ0v) is 8.31. The van der Waals surface area contributed by atoms with Crippen LogP contribution in [0.15, 0.2) is 0 Å². The average Bonchev–Trinajstić information content (AvgIpc) is 1.83. The van der Waals surface area contributed by atoms with Crippen LogP contribution >= 0.6 is 15.9 Å². The van der Waals surface area contributed by atoms with Gasteiger partial charge in [-0.1, -0.05) is 0 Å². The molecule has 10 heavy (non-hydrogen) atoms. The summed E-state index contributed by atoms with van der Waals surface area (Å²) in [6.07, 6.45) is 0.682. The van der Waals surface area contributed by atoms with E-state index in [0.29, 0.717) is 6.42 Å². The van der Waals surface area contributed by atoms with Gasteiger partial charge in [-0.2, -0.15) is 0 Å². The van der Waals surface area contributed by atoms with Crippen LogP contribution in [-0.4, -0.2) is 39.4 Å². The fraction of sp³-hybridized carbons (Fsp3) is 1.00. The van der Waals surface area contributed by atoms with Gasteiger partial charge in [0, 0.05) is 0 Å². The summed E-state index contributed by atoms with van der Waals surface area (Å²) in [6.45, 7) is 1.85. The van der Waals surface area contributed by atoms with Gasteiger partial charge >= 0.3 is 78.8 Å². The van der Waals surface area contributed by atoms with Crippen molar-refractivity contribution < 1.29 is 13.0 Å². The van der Waals surface area contributed by atoms with Crippen molar-refractivity contribution in [3.63, 3.8) is 0 Å². The van der Waals surface area contributed by atoms with E-state index in [9.17, 15) is 8.42 Å². The molecule has 0 aliphatic heterocycles. The van der Waals surface area contributed by atoms with E-state index in [0.717, 1.165) is 0 Å². The Bertz CT molecular complexity index is 191. The summed E-state index contributed by atoms with van der Waals surface area (Å²) in [5, 5.41) is 0. The minimum absolute atomic E-state index is 0.164. The Morgan fingerprint density at radius 1 is 1.70 bits per heavy atom. The molecule has 2 unspecified atom stereocenters. The second-order valence-electron chi connectivity index (χ2n) is 2.14. The molecule has 0 heterocycles. The summed E-state index contributed by atoms with van der Waals surface area (Å²) in [6, 6.07) is 0. The van der Waals surface area contributed by atoms with Crippen molar-refractivity contribution in [3.8, 4) is 0 Å². The average molecular weight is 223 g/mol. The fourth-order valence-electron chi connectivity index (χ4n) is 0.519. The van der Waals surface area contributed by atoms with Crippen LogP contribution in [0.4, 0.5) is 0 Å². The Morgan fingerprint density at radius 3 is 2.20 bits per heavy atom. The Morgan fingerprint density at radius 2 is 2.10 bits per heavy atom. The topological polar surface area (TPSA) is 54.4 Å². The number of alkyl halides is 1. The van der Waals surface area contributed by atoms with Crippen molar-refractivity contribution in [2.75, 3.05) is 0 Å². The van der Waals surface area contributed by atoms with E-state index in [4.69, 9.17) is 4.55 Å². The van der Waals surface area contributed by atoms with Gasteiger partial charge in [0.1, 0.15) is 0 Å². The van der Waals surface area contributed by atoms with E-state index in [2.05, 4.69) is 15.9 Å². The van der Waals surface area contributed by atoms with Crippen LogP contribution in [0.3, 0.4) is 0 Å². The number of hydrogen-bond acceptors (Lipinski definition) is 2. The van der Waals surface area contributed by atoms with Gasteiger partial charge in [0.25, 0.3) is 0 Å². The molecule has 0 saturated heterocycles. The third-order valence-corrected chi connectivity index (χ3v) is 4.43. The van der Waals surface area contributed by atoms with Crippen LogP contribution in [0.2, 0.25) is 0 Å². The summed E-state index contributed by atoms with van der Waals surface area (Å²) in [4.78, 5) is -0.164. The Labute approximate surface area is 78.7 Å². The third-order valence-electron chi connectivity index (χ3n) is 1.37. The van der Waals surface area contributed by atoms with Crippen molar-refractivity contribution in [3.05, 3.63) is 0 Å². The van der Waals surface area contributed by atoms with Gasteiger partial charge in [0.05, 0.1) is 0 Å². The maximum atomic E-state index is 10.5. The molecule has 0 bridgehead atoms. The molecule has 0 saturated carbocycles. The molecule has 3 nitrogen and oxygen atoms in total. The molecular weight excluding hydrogens is 215 g/mol. The maximum absolute atomic E-state index is 10.5. The Balaban J connectivity index is 4.23.